The Labute approximate surface area is 159 Å². The van der Waals surface area contributed by atoms with E-state index in [-0.39, 0.29) is 23.4 Å². The van der Waals surface area contributed by atoms with Gasteiger partial charge in [-0.1, -0.05) is 6.42 Å². The van der Waals surface area contributed by atoms with Crippen LogP contribution in [0.1, 0.15) is 45.7 Å². The van der Waals surface area contributed by atoms with E-state index >= 15 is 0 Å². The van der Waals surface area contributed by atoms with E-state index in [0.29, 0.717) is 18.5 Å². The van der Waals surface area contributed by atoms with Crippen LogP contribution >= 0.6 is 27.3 Å². The molecule has 3 nitrogen and oxygen atoms in total. The number of carbonyl (C=O) groups is 2. The number of piperidine rings is 1. The maximum Gasteiger partial charge on any atom is 0.179 e. The summed E-state index contributed by atoms with van der Waals surface area (Å²) in [6.07, 6.45) is 3.22. The molecule has 3 rings (SSSR count). The van der Waals surface area contributed by atoms with E-state index in [0.717, 1.165) is 34.5 Å². The number of Topliss-reactive ketones (excluding diaryl/α,β-unsaturated/α-hetero) is 2. The Kier molecular flexibility index (Phi) is 6.15. The standard InChI is InChI=1S/C19H19BrFNO2S/c20-18-9-8-17(25-18)16(23)10-12-22-11-2-1-3-15(22)19(24)13-4-6-14(21)7-5-13/h4-9,15H,1-3,10-12H2. The first-order valence-corrected chi connectivity index (χ1v) is 9.98. The van der Waals surface area contributed by atoms with Crippen LogP contribution in [-0.2, 0) is 0 Å². The van der Waals surface area contributed by atoms with Crippen LogP contribution < -0.4 is 0 Å². The van der Waals surface area contributed by atoms with Crippen LogP contribution in [0.15, 0.2) is 40.2 Å². The molecule has 0 spiro atoms. The fraction of sp³-hybridized carbons (Fsp3) is 0.368. The zero-order valence-electron chi connectivity index (χ0n) is 13.7. The number of carbonyl (C=O) groups excluding carboxylic acids is 2. The highest BCUT2D eigenvalue weighted by Gasteiger charge is 2.29. The molecular weight excluding hydrogens is 405 g/mol. The molecule has 0 aliphatic carbocycles. The number of thiophene rings is 1. The van der Waals surface area contributed by atoms with E-state index in [2.05, 4.69) is 20.8 Å². The van der Waals surface area contributed by atoms with Crippen molar-refractivity contribution in [3.05, 3.63) is 56.4 Å². The number of hydrogen-bond donors (Lipinski definition) is 0. The highest BCUT2D eigenvalue weighted by atomic mass is 79.9. The van der Waals surface area contributed by atoms with Gasteiger partial charge in [0.15, 0.2) is 11.6 Å². The molecule has 1 aliphatic heterocycles. The molecule has 6 heteroatoms. The average Bonchev–Trinajstić information content (AvgIpc) is 3.06. The summed E-state index contributed by atoms with van der Waals surface area (Å²) >= 11 is 4.81. The van der Waals surface area contributed by atoms with Crippen molar-refractivity contribution in [3.8, 4) is 0 Å². The molecule has 1 aromatic carbocycles. The predicted molar refractivity (Wildman–Crippen MR) is 101 cm³/mol. The second-order valence-corrected chi connectivity index (χ2v) is 8.66. The van der Waals surface area contributed by atoms with Gasteiger partial charge in [0.05, 0.1) is 14.7 Å². The number of rotatable bonds is 6. The lowest BCUT2D eigenvalue weighted by atomic mass is 9.94. The minimum Gasteiger partial charge on any atom is -0.293 e. The number of hydrogen-bond acceptors (Lipinski definition) is 4. The third-order valence-electron chi connectivity index (χ3n) is 4.52. The summed E-state index contributed by atoms with van der Waals surface area (Å²) in [5.74, 6) is -0.218. The van der Waals surface area contributed by atoms with Gasteiger partial charge < -0.3 is 0 Å². The van der Waals surface area contributed by atoms with Crippen molar-refractivity contribution in [1.82, 2.24) is 4.90 Å². The Morgan fingerprint density at radius 1 is 1.16 bits per heavy atom. The lowest BCUT2D eigenvalue weighted by molar-refractivity contribution is 0.0722. The second kappa shape index (κ2) is 8.34. The van der Waals surface area contributed by atoms with Gasteiger partial charge in [-0.25, -0.2) is 4.39 Å². The normalized spacial score (nSPS) is 18.2. The number of likely N-dealkylation sites (tertiary alicyclic amines) is 1. The summed E-state index contributed by atoms with van der Waals surface area (Å²) in [6.45, 7) is 1.39. The van der Waals surface area contributed by atoms with Crippen molar-refractivity contribution < 1.29 is 14.0 Å². The van der Waals surface area contributed by atoms with Crippen molar-refractivity contribution in [2.75, 3.05) is 13.1 Å². The minimum absolute atomic E-state index is 0.0195. The Hall–Kier alpha value is -1.37. The molecule has 1 unspecified atom stereocenters. The van der Waals surface area contributed by atoms with Gasteiger partial charge in [-0.05, 0) is 71.7 Å². The highest BCUT2D eigenvalue weighted by molar-refractivity contribution is 9.11. The molecule has 0 radical (unpaired) electrons. The van der Waals surface area contributed by atoms with E-state index in [9.17, 15) is 14.0 Å². The average molecular weight is 424 g/mol. The number of benzene rings is 1. The molecule has 0 amide bonds. The molecule has 0 bridgehead atoms. The largest absolute Gasteiger partial charge is 0.293 e. The van der Waals surface area contributed by atoms with Crippen LogP contribution in [-0.4, -0.2) is 35.6 Å². The molecule has 2 aromatic rings. The van der Waals surface area contributed by atoms with Gasteiger partial charge in [0.25, 0.3) is 0 Å². The van der Waals surface area contributed by atoms with E-state index in [1.165, 1.54) is 23.5 Å². The molecule has 132 valence electrons. The van der Waals surface area contributed by atoms with Gasteiger partial charge in [-0.2, -0.15) is 0 Å². The zero-order valence-corrected chi connectivity index (χ0v) is 16.1. The number of ketones is 2. The summed E-state index contributed by atoms with van der Waals surface area (Å²) in [7, 11) is 0. The molecule has 1 saturated heterocycles. The van der Waals surface area contributed by atoms with Crippen molar-refractivity contribution in [2.45, 2.75) is 31.7 Å². The monoisotopic (exact) mass is 423 g/mol. The first kappa shape index (κ1) is 18.4. The predicted octanol–water partition coefficient (Wildman–Crippen LogP) is 4.96. The molecule has 1 atom stereocenters. The van der Waals surface area contributed by atoms with Crippen molar-refractivity contribution in [3.63, 3.8) is 0 Å². The van der Waals surface area contributed by atoms with E-state index in [1.54, 1.807) is 12.1 Å². The zero-order chi connectivity index (χ0) is 17.8. The molecule has 2 heterocycles. The van der Waals surface area contributed by atoms with Crippen LogP contribution in [0.25, 0.3) is 0 Å². The van der Waals surface area contributed by atoms with Crippen LogP contribution in [0.5, 0.6) is 0 Å². The fourth-order valence-electron chi connectivity index (χ4n) is 3.19. The molecule has 0 saturated carbocycles. The topological polar surface area (TPSA) is 37.4 Å². The first-order chi connectivity index (χ1) is 12.0. The maximum atomic E-state index is 13.1. The Morgan fingerprint density at radius 3 is 2.60 bits per heavy atom. The van der Waals surface area contributed by atoms with Crippen molar-refractivity contribution in [1.29, 1.82) is 0 Å². The van der Waals surface area contributed by atoms with Gasteiger partial charge in [-0.15, -0.1) is 11.3 Å². The molecule has 1 fully saturated rings. The molecule has 1 aromatic heterocycles. The third-order valence-corrected chi connectivity index (χ3v) is 6.18. The Balaban J connectivity index is 1.65. The second-order valence-electron chi connectivity index (χ2n) is 6.20. The number of halogens is 2. The third kappa shape index (κ3) is 4.63. The molecule has 0 N–H and O–H groups in total. The van der Waals surface area contributed by atoms with Gasteiger partial charge in [0.2, 0.25) is 0 Å². The van der Waals surface area contributed by atoms with E-state index in [1.807, 2.05) is 12.1 Å². The maximum absolute atomic E-state index is 13.1. The van der Waals surface area contributed by atoms with Gasteiger partial charge >= 0.3 is 0 Å². The summed E-state index contributed by atoms with van der Waals surface area (Å²) in [4.78, 5) is 28.0. The van der Waals surface area contributed by atoms with E-state index in [4.69, 9.17) is 0 Å². The van der Waals surface area contributed by atoms with Gasteiger partial charge in [-0.3, -0.25) is 14.5 Å². The summed E-state index contributed by atoms with van der Waals surface area (Å²) in [5.41, 5.74) is 0.534. The van der Waals surface area contributed by atoms with E-state index < -0.39 is 0 Å². The summed E-state index contributed by atoms with van der Waals surface area (Å²) < 4.78 is 14.0. The summed E-state index contributed by atoms with van der Waals surface area (Å²) in [5, 5.41) is 0. The van der Waals surface area contributed by atoms with Gasteiger partial charge in [0.1, 0.15) is 5.82 Å². The quantitative estimate of drug-likeness (QED) is 0.616. The Morgan fingerprint density at radius 2 is 1.92 bits per heavy atom. The molecule has 1 aliphatic rings. The van der Waals surface area contributed by atoms with Crippen molar-refractivity contribution in [2.24, 2.45) is 0 Å². The van der Waals surface area contributed by atoms with Crippen molar-refractivity contribution >= 4 is 38.8 Å². The van der Waals surface area contributed by atoms with Crippen LogP contribution in [0.4, 0.5) is 4.39 Å². The molecular formula is C19H19BrFNO2S. The smallest absolute Gasteiger partial charge is 0.179 e. The Bertz CT molecular complexity index is 759. The first-order valence-electron chi connectivity index (χ1n) is 8.37. The lowest BCUT2D eigenvalue weighted by Crippen LogP contribution is -2.45. The van der Waals surface area contributed by atoms with Crippen LogP contribution in [0, 0.1) is 5.82 Å². The summed E-state index contributed by atoms with van der Waals surface area (Å²) in [6, 6.07) is 9.20. The van der Waals surface area contributed by atoms with Crippen LogP contribution in [0.2, 0.25) is 0 Å². The lowest BCUT2D eigenvalue weighted by Gasteiger charge is -2.34. The minimum atomic E-state index is -0.343. The highest BCUT2D eigenvalue weighted by Crippen LogP contribution is 2.25. The number of nitrogens with zero attached hydrogens (tertiary/aromatic N) is 1. The van der Waals surface area contributed by atoms with Crippen LogP contribution in [0.3, 0.4) is 0 Å². The fourth-order valence-corrected chi connectivity index (χ4v) is 4.55. The molecule has 25 heavy (non-hydrogen) atoms. The van der Waals surface area contributed by atoms with Gasteiger partial charge in [0, 0.05) is 18.5 Å². The SMILES string of the molecule is O=C(CCN1CCCCC1C(=O)c1ccc(F)cc1)c1ccc(Br)s1.